The maximum atomic E-state index is 6.49. The van der Waals surface area contributed by atoms with Crippen molar-refractivity contribution in [3.05, 3.63) is 0 Å². The second-order valence-corrected chi connectivity index (χ2v) is 15.5. The molecule has 2 unspecified atom stereocenters. The number of rotatable bonds is 25. The van der Waals surface area contributed by atoms with Crippen LogP contribution in [0.2, 0.25) is 0 Å². The first-order valence-corrected chi connectivity index (χ1v) is 17.4. The molecule has 0 amide bonds. The van der Waals surface area contributed by atoms with E-state index in [1.54, 1.807) is 7.11 Å². The molecular weight excluding hydrogens is 411 g/mol. The fourth-order valence-electron chi connectivity index (χ4n) is 5.24. The first-order chi connectivity index (χ1) is 15.6. The molecule has 32 heavy (non-hydrogen) atoms. The Morgan fingerprint density at radius 2 is 0.812 bits per heavy atom. The van der Waals surface area contributed by atoms with E-state index in [1.165, 1.54) is 134 Å². The third kappa shape index (κ3) is 16.9. The molecular formula is C29H63O2P. The number of hydrogen-bond donors (Lipinski definition) is 0. The Labute approximate surface area is 204 Å². The van der Waals surface area contributed by atoms with Crippen molar-refractivity contribution < 1.29 is 9.47 Å². The zero-order valence-corrected chi connectivity index (χ0v) is 24.3. The van der Waals surface area contributed by atoms with Crippen molar-refractivity contribution in [2.75, 3.05) is 25.6 Å². The van der Waals surface area contributed by atoms with Crippen LogP contribution in [0.25, 0.3) is 0 Å². The molecule has 0 bridgehead atoms. The molecule has 0 saturated carbocycles. The summed E-state index contributed by atoms with van der Waals surface area (Å²) >= 11 is 0. The average molecular weight is 475 g/mol. The van der Waals surface area contributed by atoms with Crippen LogP contribution in [0.15, 0.2) is 0 Å². The third-order valence-electron chi connectivity index (χ3n) is 7.67. The molecule has 0 fully saturated rings. The predicted octanol–water partition coefficient (Wildman–Crippen LogP) is 10.2. The van der Waals surface area contributed by atoms with Gasteiger partial charge in [-0.15, -0.1) is 0 Å². The molecule has 0 N–H and O–H groups in total. The van der Waals surface area contributed by atoms with Crippen LogP contribution in [-0.4, -0.2) is 37.7 Å². The maximum absolute atomic E-state index is 6.49. The van der Waals surface area contributed by atoms with Crippen LogP contribution >= 0.6 is 7.26 Å². The van der Waals surface area contributed by atoms with Crippen LogP contribution < -0.4 is 0 Å². The van der Waals surface area contributed by atoms with Gasteiger partial charge in [0.05, 0.1) is 0 Å². The molecule has 0 aliphatic heterocycles. The van der Waals surface area contributed by atoms with Gasteiger partial charge in [0.2, 0.25) is 0 Å². The van der Waals surface area contributed by atoms with Gasteiger partial charge in [0.25, 0.3) is 0 Å². The quantitative estimate of drug-likeness (QED) is 0.0744. The topological polar surface area (TPSA) is 18.5 Å². The van der Waals surface area contributed by atoms with Gasteiger partial charge >= 0.3 is 205 Å². The zero-order valence-electron chi connectivity index (χ0n) is 23.3. The molecule has 0 aliphatic carbocycles. The molecule has 0 spiro atoms. The van der Waals surface area contributed by atoms with Crippen molar-refractivity contribution in [3.8, 4) is 0 Å². The van der Waals surface area contributed by atoms with E-state index in [9.17, 15) is 0 Å². The number of methoxy groups -OCH3 is 1. The van der Waals surface area contributed by atoms with Crippen molar-refractivity contribution in [1.82, 2.24) is 0 Å². The van der Waals surface area contributed by atoms with Crippen molar-refractivity contribution in [3.63, 3.8) is 0 Å². The zero-order chi connectivity index (χ0) is 23.9. The van der Waals surface area contributed by atoms with Gasteiger partial charge in [-0.05, 0) is 0 Å². The van der Waals surface area contributed by atoms with Crippen molar-refractivity contribution >= 4 is 7.26 Å². The average Bonchev–Trinajstić information content (AvgIpc) is 2.79. The van der Waals surface area contributed by atoms with Gasteiger partial charge in [-0.25, -0.2) is 0 Å². The van der Waals surface area contributed by atoms with E-state index in [0.717, 1.165) is 0 Å². The van der Waals surface area contributed by atoms with E-state index in [4.69, 9.17) is 9.47 Å². The molecule has 0 aromatic carbocycles. The van der Waals surface area contributed by atoms with Gasteiger partial charge < -0.3 is 0 Å². The van der Waals surface area contributed by atoms with Crippen LogP contribution in [-0.2, 0) is 9.47 Å². The second kappa shape index (κ2) is 23.1. The molecule has 2 atom stereocenters. The Morgan fingerprint density at radius 3 is 1.12 bits per heavy atom. The van der Waals surface area contributed by atoms with Crippen molar-refractivity contribution in [2.24, 2.45) is 0 Å². The van der Waals surface area contributed by atoms with Crippen LogP contribution in [0, 0.1) is 0 Å². The third-order valence-corrected chi connectivity index (χ3v) is 13.6. The fraction of sp³-hybridized carbons (Fsp3) is 1.00. The normalized spacial score (nSPS) is 14.6. The molecule has 3 heteroatoms. The summed E-state index contributed by atoms with van der Waals surface area (Å²) in [7, 11) is 0.302. The standard InChI is InChI=1S/C29H63O2P/c1-7-10-13-16-19-22-25-32(29(5)31-28(4)30-6,26-23-20-17-14-11-8-2)27-24-21-18-15-12-9-3/h28-29,32H,7-27H2,1-6H3. The Bertz CT molecular complexity index is 333. The Morgan fingerprint density at radius 1 is 0.500 bits per heavy atom. The molecule has 0 rings (SSSR count). The van der Waals surface area contributed by atoms with Gasteiger partial charge in [-0.1, -0.05) is 0 Å². The van der Waals surface area contributed by atoms with E-state index < -0.39 is 7.26 Å². The molecule has 0 heterocycles. The predicted molar refractivity (Wildman–Crippen MR) is 150 cm³/mol. The van der Waals surface area contributed by atoms with E-state index in [0.29, 0.717) is 5.85 Å². The second-order valence-electron chi connectivity index (χ2n) is 10.5. The molecule has 0 aromatic rings. The Kier molecular flexibility index (Phi) is 23.4. The van der Waals surface area contributed by atoms with Crippen molar-refractivity contribution in [2.45, 2.75) is 162 Å². The van der Waals surface area contributed by atoms with Gasteiger partial charge in [-0.3, -0.25) is 0 Å². The first-order valence-electron chi connectivity index (χ1n) is 14.7. The fourth-order valence-corrected chi connectivity index (χ4v) is 10.6. The summed E-state index contributed by atoms with van der Waals surface area (Å²) in [5.41, 5.74) is 0. The molecule has 0 aromatic heterocycles. The summed E-state index contributed by atoms with van der Waals surface area (Å²) < 4.78 is 12.0. The van der Waals surface area contributed by atoms with Gasteiger partial charge in [0.1, 0.15) is 0 Å². The molecule has 0 radical (unpaired) electrons. The van der Waals surface area contributed by atoms with E-state index in [2.05, 4.69) is 34.6 Å². The van der Waals surface area contributed by atoms with Crippen molar-refractivity contribution in [1.29, 1.82) is 0 Å². The van der Waals surface area contributed by atoms with Crippen LogP contribution in [0.3, 0.4) is 0 Å². The molecule has 196 valence electrons. The Balaban J connectivity index is 4.99. The number of hydrogen-bond acceptors (Lipinski definition) is 2. The molecule has 0 saturated heterocycles. The summed E-state index contributed by atoms with van der Waals surface area (Å²) in [5.74, 6) is 0.416. The van der Waals surface area contributed by atoms with Gasteiger partial charge in [0, 0.05) is 0 Å². The molecule has 0 aliphatic rings. The van der Waals surface area contributed by atoms with E-state index in [-0.39, 0.29) is 6.29 Å². The SMILES string of the molecule is CCCCCCCC[PH](CCCCCCCC)(CCCCCCCC)C(C)OC(C)OC. The Hall–Kier alpha value is 0.350. The van der Waals surface area contributed by atoms with Gasteiger partial charge in [0.15, 0.2) is 0 Å². The van der Waals surface area contributed by atoms with E-state index in [1.807, 2.05) is 0 Å². The van der Waals surface area contributed by atoms with Gasteiger partial charge in [-0.2, -0.15) is 0 Å². The monoisotopic (exact) mass is 474 g/mol. The summed E-state index contributed by atoms with van der Waals surface area (Å²) in [4.78, 5) is 0. The van der Waals surface area contributed by atoms with Crippen LogP contribution in [0.5, 0.6) is 0 Å². The summed E-state index contributed by atoms with van der Waals surface area (Å²) in [6.07, 6.45) is 29.7. The summed E-state index contributed by atoms with van der Waals surface area (Å²) in [5, 5.41) is 0. The van der Waals surface area contributed by atoms with Crippen LogP contribution in [0.1, 0.15) is 150 Å². The first kappa shape index (κ1) is 32.4. The number of ether oxygens (including phenoxy) is 2. The van der Waals surface area contributed by atoms with Crippen LogP contribution in [0.4, 0.5) is 0 Å². The minimum atomic E-state index is -1.49. The van der Waals surface area contributed by atoms with E-state index >= 15 is 0 Å². The number of unbranched alkanes of at least 4 members (excludes halogenated alkanes) is 15. The molecule has 2 nitrogen and oxygen atoms in total. The summed E-state index contributed by atoms with van der Waals surface area (Å²) in [6.45, 7) is 11.4. The summed E-state index contributed by atoms with van der Waals surface area (Å²) in [6, 6.07) is 0. The minimum absolute atomic E-state index is 0.0736.